The van der Waals surface area contributed by atoms with Crippen molar-refractivity contribution in [1.82, 2.24) is 5.32 Å². The summed E-state index contributed by atoms with van der Waals surface area (Å²) in [6.07, 6.45) is 0. The molecule has 0 amide bonds. The Hall–Kier alpha value is -0.0200. The average Bonchev–Trinajstić information content (AvgIpc) is 2.10. The van der Waals surface area contributed by atoms with Crippen molar-refractivity contribution < 1.29 is 4.74 Å². The number of hydrogen-bond acceptors (Lipinski definition) is 2. The van der Waals surface area contributed by atoms with Gasteiger partial charge in [0.05, 0.1) is 13.2 Å². The first-order valence-corrected chi connectivity index (χ1v) is 4.86. The predicted molar refractivity (Wildman–Crippen MR) is 58.3 cm³/mol. The Bertz CT molecular complexity index is 180. The summed E-state index contributed by atoms with van der Waals surface area (Å²) < 4.78 is 5.25. The number of nitrogens with one attached hydrogen (secondary N) is 1. The summed E-state index contributed by atoms with van der Waals surface area (Å²) >= 11 is 11.0. The number of halogens is 2. The SMILES string of the molecule is C=C(C)COCCNCC(Cl)=CCl. The van der Waals surface area contributed by atoms with Gasteiger partial charge in [-0.1, -0.05) is 35.4 Å². The van der Waals surface area contributed by atoms with Gasteiger partial charge in [-0.25, -0.2) is 0 Å². The molecule has 4 heteroatoms. The van der Waals surface area contributed by atoms with E-state index in [-0.39, 0.29) is 0 Å². The number of hydrogen-bond donors (Lipinski definition) is 1. The zero-order valence-electron chi connectivity index (χ0n) is 7.78. The Morgan fingerprint density at radius 1 is 1.62 bits per heavy atom. The third-order valence-corrected chi connectivity index (χ3v) is 1.80. The molecule has 0 saturated heterocycles. The van der Waals surface area contributed by atoms with E-state index in [1.54, 1.807) is 0 Å². The Kier molecular flexibility index (Phi) is 8.56. The summed E-state index contributed by atoms with van der Waals surface area (Å²) in [6, 6.07) is 0. The monoisotopic (exact) mass is 223 g/mol. The highest BCUT2D eigenvalue weighted by Crippen LogP contribution is 1.99. The molecular formula is C9H15Cl2NO. The maximum Gasteiger partial charge on any atom is 0.0672 e. The van der Waals surface area contributed by atoms with Gasteiger partial charge in [-0.05, 0) is 6.92 Å². The molecular weight excluding hydrogens is 209 g/mol. The summed E-state index contributed by atoms with van der Waals surface area (Å²) in [5, 5.41) is 3.67. The molecule has 0 aliphatic carbocycles. The fourth-order valence-corrected chi connectivity index (χ4v) is 0.809. The smallest absolute Gasteiger partial charge is 0.0672 e. The minimum Gasteiger partial charge on any atom is -0.376 e. The van der Waals surface area contributed by atoms with Crippen LogP contribution in [0, 0.1) is 0 Å². The molecule has 0 heterocycles. The summed E-state index contributed by atoms with van der Waals surface area (Å²) in [4.78, 5) is 0. The molecule has 0 aromatic rings. The average molecular weight is 224 g/mol. The highest BCUT2D eigenvalue weighted by Gasteiger charge is 1.91. The zero-order valence-corrected chi connectivity index (χ0v) is 9.29. The second-order valence-corrected chi connectivity index (χ2v) is 3.45. The van der Waals surface area contributed by atoms with Gasteiger partial charge in [0.2, 0.25) is 0 Å². The Labute approximate surface area is 89.5 Å². The molecule has 0 fully saturated rings. The van der Waals surface area contributed by atoms with Gasteiger partial charge in [-0.15, -0.1) is 0 Å². The number of ether oxygens (including phenoxy) is 1. The van der Waals surface area contributed by atoms with Gasteiger partial charge >= 0.3 is 0 Å². The molecule has 76 valence electrons. The van der Waals surface area contributed by atoms with Gasteiger partial charge in [0.25, 0.3) is 0 Å². The fourth-order valence-electron chi connectivity index (χ4n) is 0.637. The predicted octanol–water partition coefficient (Wildman–Crippen LogP) is 2.49. The second-order valence-electron chi connectivity index (χ2n) is 2.74. The van der Waals surface area contributed by atoms with Crippen molar-refractivity contribution in [1.29, 1.82) is 0 Å². The summed E-state index contributed by atoms with van der Waals surface area (Å²) in [5.41, 5.74) is 2.38. The van der Waals surface area contributed by atoms with E-state index in [1.165, 1.54) is 5.54 Å². The molecule has 0 aromatic heterocycles. The maximum absolute atomic E-state index is 5.64. The highest BCUT2D eigenvalue weighted by molar-refractivity contribution is 6.36. The van der Waals surface area contributed by atoms with Gasteiger partial charge < -0.3 is 10.1 Å². The van der Waals surface area contributed by atoms with E-state index < -0.39 is 0 Å². The molecule has 0 rings (SSSR count). The standard InChI is InChI=1S/C9H15Cl2NO/c1-8(2)7-13-4-3-12-6-9(11)5-10/h5,12H,1,3-4,6-7H2,2H3. The van der Waals surface area contributed by atoms with Crippen LogP contribution in [0.4, 0.5) is 0 Å². The van der Waals surface area contributed by atoms with Crippen LogP contribution in [0.3, 0.4) is 0 Å². The van der Waals surface area contributed by atoms with Crippen LogP contribution < -0.4 is 5.32 Å². The van der Waals surface area contributed by atoms with Crippen molar-refractivity contribution in [2.24, 2.45) is 0 Å². The highest BCUT2D eigenvalue weighted by atomic mass is 35.5. The zero-order chi connectivity index (χ0) is 10.1. The van der Waals surface area contributed by atoms with Crippen molar-refractivity contribution in [3.8, 4) is 0 Å². The minimum atomic E-state index is 0.585. The molecule has 1 N–H and O–H groups in total. The van der Waals surface area contributed by atoms with Crippen molar-refractivity contribution in [2.75, 3.05) is 26.3 Å². The van der Waals surface area contributed by atoms with Crippen LogP contribution in [-0.4, -0.2) is 26.3 Å². The minimum absolute atomic E-state index is 0.585. The molecule has 0 spiro atoms. The fraction of sp³-hybridized carbons (Fsp3) is 0.556. The molecule has 0 radical (unpaired) electrons. The Morgan fingerprint density at radius 2 is 2.31 bits per heavy atom. The molecule has 0 aromatic carbocycles. The quantitative estimate of drug-likeness (QED) is 0.529. The molecule has 2 nitrogen and oxygen atoms in total. The van der Waals surface area contributed by atoms with E-state index in [4.69, 9.17) is 27.9 Å². The van der Waals surface area contributed by atoms with Crippen LogP contribution in [0.5, 0.6) is 0 Å². The van der Waals surface area contributed by atoms with Gasteiger partial charge in [0.1, 0.15) is 0 Å². The summed E-state index contributed by atoms with van der Waals surface area (Å²) in [5.74, 6) is 0. The molecule has 13 heavy (non-hydrogen) atoms. The van der Waals surface area contributed by atoms with Gasteiger partial charge in [-0.3, -0.25) is 0 Å². The van der Waals surface area contributed by atoms with E-state index in [0.29, 0.717) is 24.8 Å². The lowest BCUT2D eigenvalue weighted by Crippen LogP contribution is -2.21. The summed E-state index contributed by atoms with van der Waals surface area (Å²) in [7, 11) is 0. The first-order valence-electron chi connectivity index (χ1n) is 4.04. The van der Waals surface area contributed by atoms with Gasteiger partial charge in [-0.2, -0.15) is 0 Å². The van der Waals surface area contributed by atoms with Crippen LogP contribution in [0.2, 0.25) is 0 Å². The van der Waals surface area contributed by atoms with E-state index in [9.17, 15) is 0 Å². The lowest BCUT2D eigenvalue weighted by atomic mass is 10.4. The normalized spacial score (nSPS) is 11.8. The lowest BCUT2D eigenvalue weighted by Gasteiger charge is -2.04. The van der Waals surface area contributed by atoms with E-state index in [0.717, 1.165) is 12.1 Å². The third-order valence-electron chi connectivity index (χ3n) is 1.18. The van der Waals surface area contributed by atoms with Crippen molar-refractivity contribution in [2.45, 2.75) is 6.92 Å². The van der Waals surface area contributed by atoms with Crippen LogP contribution in [0.15, 0.2) is 22.7 Å². The molecule has 0 atom stereocenters. The molecule has 0 saturated carbocycles. The first-order chi connectivity index (χ1) is 6.16. The van der Waals surface area contributed by atoms with Crippen LogP contribution in [-0.2, 0) is 4.74 Å². The van der Waals surface area contributed by atoms with Gasteiger partial charge in [0, 0.05) is 23.7 Å². The molecule has 0 aliphatic rings. The molecule has 0 unspecified atom stereocenters. The van der Waals surface area contributed by atoms with Crippen molar-refractivity contribution >= 4 is 23.2 Å². The number of rotatable bonds is 7. The molecule has 0 aliphatic heterocycles. The van der Waals surface area contributed by atoms with E-state index >= 15 is 0 Å². The largest absolute Gasteiger partial charge is 0.376 e. The van der Waals surface area contributed by atoms with Gasteiger partial charge in [0.15, 0.2) is 0 Å². The third kappa shape index (κ3) is 9.90. The Balaban J connectivity index is 3.13. The second kappa shape index (κ2) is 8.57. The summed E-state index contributed by atoms with van der Waals surface area (Å²) in [6.45, 7) is 8.26. The lowest BCUT2D eigenvalue weighted by molar-refractivity contribution is 0.159. The van der Waals surface area contributed by atoms with Crippen LogP contribution in [0.25, 0.3) is 0 Å². The Morgan fingerprint density at radius 3 is 2.85 bits per heavy atom. The first kappa shape index (κ1) is 13.0. The topological polar surface area (TPSA) is 21.3 Å². The van der Waals surface area contributed by atoms with Crippen LogP contribution >= 0.6 is 23.2 Å². The molecule has 0 bridgehead atoms. The van der Waals surface area contributed by atoms with E-state index in [2.05, 4.69) is 11.9 Å². The van der Waals surface area contributed by atoms with E-state index in [1.807, 2.05) is 6.92 Å². The van der Waals surface area contributed by atoms with Crippen LogP contribution in [0.1, 0.15) is 6.92 Å². The maximum atomic E-state index is 5.64. The van der Waals surface area contributed by atoms with Crippen molar-refractivity contribution in [3.05, 3.63) is 22.7 Å². The van der Waals surface area contributed by atoms with Crippen molar-refractivity contribution in [3.63, 3.8) is 0 Å².